The van der Waals surface area contributed by atoms with Gasteiger partial charge in [-0.05, 0) is 64.4 Å². The molecule has 3 rings (SSSR count). The Labute approximate surface area is 144 Å². The number of carbonyl (C=O) groups excluding carboxylic acids is 1. The van der Waals surface area contributed by atoms with Crippen molar-refractivity contribution < 1.29 is 4.79 Å². The molecule has 0 aliphatic carbocycles. The van der Waals surface area contributed by atoms with Crippen molar-refractivity contribution in [1.29, 1.82) is 0 Å². The minimum Gasteiger partial charge on any atom is -0.339 e. The predicted molar refractivity (Wildman–Crippen MR) is 98.0 cm³/mol. The zero-order valence-electron chi connectivity index (χ0n) is 15.1. The summed E-state index contributed by atoms with van der Waals surface area (Å²) >= 11 is 0. The van der Waals surface area contributed by atoms with Gasteiger partial charge in [-0.15, -0.1) is 0 Å². The molecule has 4 heteroatoms. The monoisotopic (exact) mass is 325 g/mol. The van der Waals surface area contributed by atoms with E-state index in [9.17, 15) is 4.79 Å². The van der Waals surface area contributed by atoms with E-state index in [2.05, 4.69) is 35.9 Å². The molecule has 0 unspecified atom stereocenters. The molecule has 1 aromatic heterocycles. The lowest BCUT2D eigenvalue weighted by Crippen LogP contribution is -2.44. The Morgan fingerprint density at radius 3 is 2.50 bits per heavy atom. The smallest absolute Gasteiger partial charge is 0.255 e. The summed E-state index contributed by atoms with van der Waals surface area (Å²) in [6, 6.07) is 10.7. The van der Waals surface area contributed by atoms with Gasteiger partial charge in [-0.25, -0.2) is 0 Å². The molecule has 0 atom stereocenters. The van der Waals surface area contributed by atoms with Gasteiger partial charge >= 0.3 is 0 Å². The second-order valence-electron chi connectivity index (χ2n) is 6.80. The highest BCUT2D eigenvalue weighted by atomic mass is 16.2. The number of aryl methyl sites for hydroxylation is 2. The summed E-state index contributed by atoms with van der Waals surface area (Å²) < 4.78 is 2.19. The van der Waals surface area contributed by atoms with E-state index in [1.807, 2.05) is 37.1 Å². The maximum Gasteiger partial charge on any atom is 0.255 e. The molecule has 4 nitrogen and oxygen atoms in total. The highest BCUT2D eigenvalue weighted by Gasteiger charge is 2.26. The van der Waals surface area contributed by atoms with Crippen molar-refractivity contribution in [3.63, 3.8) is 0 Å². The molecule has 0 saturated carbocycles. The van der Waals surface area contributed by atoms with Crippen LogP contribution in [0.25, 0.3) is 5.69 Å². The first-order valence-electron chi connectivity index (χ1n) is 8.73. The fourth-order valence-corrected chi connectivity index (χ4v) is 3.71. The number of carbonyl (C=O) groups is 1. The highest BCUT2D eigenvalue weighted by molar-refractivity contribution is 5.96. The lowest BCUT2D eigenvalue weighted by molar-refractivity contribution is 0.0702. The van der Waals surface area contributed by atoms with E-state index in [0.29, 0.717) is 6.04 Å². The molecular weight excluding hydrogens is 298 g/mol. The zero-order valence-corrected chi connectivity index (χ0v) is 15.1. The molecule has 128 valence electrons. The maximum atomic E-state index is 13.0. The zero-order chi connectivity index (χ0) is 17.3. The summed E-state index contributed by atoms with van der Waals surface area (Å²) in [4.78, 5) is 15.0. The first-order valence-corrected chi connectivity index (χ1v) is 8.73. The molecule has 1 aliphatic heterocycles. The van der Waals surface area contributed by atoms with E-state index in [1.54, 1.807) is 0 Å². The van der Waals surface area contributed by atoms with Crippen molar-refractivity contribution in [2.75, 3.05) is 20.1 Å². The van der Waals surface area contributed by atoms with Crippen LogP contribution in [0.3, 0.4) is 0 Å². The highest BCUT2D eigenvalue weighted by Crippen LogP contribution is 2.25. The van der Waals surface area contributed by atoms with Crippen molar-refractivity contribution in [2.45, 2.75) is 39.7 Å². The molecule has 1 aromatic carbocycles. The number of piperidine rings is 1. The Kier molecular flexibility index (Phi) is 4.76. The minimum atomic E-state index is 0.134. The quantitative estimate of drug-likeness (QED) is 0.941. The molecule has 0 spiro atoms. The molecule has 24 heavy (non-hydrogen) atoms. The van der Waals surface area contributed by atoms with Gasteiger partial charge in [0.25, 0.3) is 5.91 Å². The second-order valence-corrected chi connectivity index (χ2v) is 6.80. The standard InChI is InChI=1S/C20H27N3O/c1-14-7-5-6-8-19(14)23-15(2)13-18(16(23)3)20(24)22(4)17-9-11-21-12-10-17/h5-8,13,17,21H,9-12H2,1-4H3. The first kappa shape index (κ1) is 16.8. The number of amides is 1. The molecule has 1 aliphatic rings. The Hall–Kier alpha value is -2.07. The van der Waals surface area contributed by atoms with Gasteiger partial charge in [-0.1, -0.05) is 18.2 Å². The van der Waals surface area contributed by atoms with Crippen molar-refractivity contribution in [1.82, 2.24) is 14.8 Å². The number of rotatable bonds is 3. The van der Waals surface area contributed by atoms with Crippen LogP contribution in [0.15, 0.2) is 30.3 Å². The van der Waals surface area contributed by atoms with E-state index < -0.39 is 0 Å². The third-order valence-corrected chi connectivity index (χ3v) is 5.19. The van der Waals surface area contributed by atoms with Crippen LogP contribution >= 0.6 is 0 Å². The summed E-state index contributed by atoms with van der Waals surface area (Å²) in [6.07, 6.45) is 2.05. The third kappa shape index (κ3) is 2.98. The Morgan fingerprint density at radius 2 is 1.83 bits per heavy atom. The van der Waals surface area contributed by atoms with Crippen molar-refractivity contribution in [3.8, 4) is 5.69 Å². The summed E-state index contributed by atoms with van der Waals surface area (Å²) in [5.41, 5.74) is 5.30. The third-order valence-electron chi connectivity index (χ3n) is 5.19. The number of para-hydroxylation sites is 1. The van der Waals surface area contributed by atoms with Crippen LogP contribution in [0.2, 0.25) is 0 Å². The lowest BCUT2D eigenvalue weighted by Gasteiger charge is -2.31. The van der Waals surface area contributed by atoms with Crippen molar-refractivity contribution in [2.24, 2.45) is 0 Å². The fraction of sp³-hybridized carbons (Fsp3) is 0.450. The van der Waals surface area contributed by atoms with Crippen LogP contribution in [-0.4, -0.2) is 41.6 Å². The van der Waals surface area contributed by atoms with Crippen LogP contribution in [0.1, 0.15) is 40.2 Å². The summed E-state index contributed by atoms with van der Waals surface area (Å²) in [6.45, 7) is 8.20. The van der Waals surface area contributed by atoms with Crippen LogP contribution < -0.4 is 5.32 Å². The largest absolute Gasteiger partial charge is 0.339 e. The average molecular weight is 325 g/mol. The summed E-state index contributed by atoms with van der Waals surface area (Å²) in [7, 11) is 1.94. The van der Waals surface area contributed by atoms with Gasteiger partial charge in [-0.2, -0.15) is 0 Å². The van der Waals surface area contributed by atoms with Gasteiger partial charge in [0.1, 0.15) is 0 Å². The van der Waals surface area contributed by atoms with Gasteiger partial charge in [-0.3, -0.25) is 4.79 Å². The molecule has 2 aromatic rings. The fourth-order valence-electron chi connectivity index (χ4n) is 3.71. The number of benzene rings is 1. The first-order chi connectivity index (χ1) is 11.5. The molecule has 1 amide bonds. The Bertz CT molecular complexity index is 741. The Morgan fingerprint density at radius 1 is 1.17 bits per heavy atom. The molecule has 0 radical (unpaired) electrons. The van der Waals surface area contributed by atoms with Crippen molar-refractivity contribution >= 4 is 5.91 Å². The average Bonchev–Trinajstić information content (AvgIpc) is 2.89. The summed E-state index contributed by atoms with van der Waals surface area (Å²) in [5.74, 6) is 0.134. The minimum absolute atomic E-state index is 0.134. The number of hydrogen-bond acceptors (Lipinski definition) is 2. The Balaban J connectivity index is 1.94. The number of nitrogens with one attached hydrogen (secondary N) is 1. The van der Waals surface area contributed by atoms with E-state index >= 15 is 0 Å². The number of aromatic nitrogens is 1. The van der Waals surface area contributed by atoms with Crippen LogP contribution in [-0.2, 0) is 0 Å². The van der Waals surface area contributed by atoms with E-state index in [4.69, 9.17) is 0 Å². The molecule has 1 N–H and O–H groups in total. The van der Waals surface area contributed by atoms with Gasteiger partial charge < -0.3 is 14.8 Å². The van der Waals surface area contributed by atoms with E-state index in [1.165, 1.54) is 5.56 Å². The van der Waals surface area contributed by atoms with E-state index in [0.717, 1.165) is 48.6 Å². The molecule has 0 bridgehead atoms. The lowest BCUT2D eigenvalue weighted by atomic mass is 10.0. The molecule has 2 heterocycles. The van der Waals surface area contributed by atoms with Crippen LogP contribution in [0, 0.1) is 20.8 Å². The van der Waals surface area contributed by atoms with Crippen LogP contribution in [0.4, 0.5) is 0 Å². The van der Waals surface area contributed by atoms with Gasteiger partial charge in [0.2, 0.25) is 0 Å². The maximum absolute atomic E-state index is 13.0. The van der Waals surface area contributed by atoms with Crippen LogP contribution in [0.5, 0.6) is 0 Å². The predicted octanol–water partition coefficient (Wildman–Crippen LogP) is 3.23. The van der Waals surface area contributed by atoms with Gasteiger partial charge in [0.15, 0.2) is 0 Å². The second kappa shape index (κ2) is 6.81. The molecule has 1 saturated heterocycles. The molecular formula is C20H27N3O. The van der Waals surface area contributed by atoms with Gasteiger partial charge in [0.05, 0.1) is 5.56 Å². The van der Waals surface area contributed by atoms with Gasteiger partial charge in [0, 0.05) is 30.2 Å². The SMILES string of the molecule is Cc1ccccc1-n1c(C)cc(C(=O)N(C)C2CCNCC2)c1C. The normalized spacial score (nSPS) is 15.5. The topological polar surface area (TPSA) is 37.3 Å². The molecule has 1 fully saturated rings. The van der Waals surface area contributed by atoms with E-state index in [-0.39, 0.29) is 5.91 Å². The summed E-state index contributed by atoms with van der Waals surface area (Å²) in [5, 5.41) is 3.36. The number of hydrogen-bond donors (Lipinski definition) is 1. The van der Waals surface area contributed by atoms with Crippen molar-refractivity contribution in [3.05, 3.63) is 52.8 Å². The number of nitrogens with zero attached hydrogens (tertiary/aromatic N) is 2.